The highest BCUT2D eigenvalue weighted by Crippen LogP contribution is 2.07. The molecule has 64 valence electrons. The van der Waals surface area contributed by atoms with Gasteiger partial charge in [-0.05, 0) is 37.5 Å². The van der Waals surface area contributed by atoms with Crippen LogP contribution < -0.4 is 0 Å². The van der Waals surface area contributed by atoms with Gasteiger partial charge in [0.25, 0.3) is 0 Å². The first kappa shape index (κ1) is 11.2. The van der Waals surface area contributed by atoms with Gasteiger partial charge in [0.05, 0.1) is 0 Å². The second-order valence-electron chi connectivity index (χ2n) is 2.46. The van der Waals surface area contributed by atoms with Crippen molar-refractivity contribution in [2.24, 2.45) is 0 Å². The number of hydrogen-bond donors (Lipinski definition) is 0. The van der Waals surface area contributed by atoms with E-state index in [1.165, 1.54) is 0 Å². The van der Waals surface area contributed by atoms with E-state index in [9.17, 15) is 0 Å². The van der Waals surface area contributed by atoms with Gasteiger partial charge >= 0.3 is 0 Å². The molecule has 0 aromatic heterocycles. The first-order valence-electron chi connectivity index (χ1n) is 3.80. The average molecular weight is 160 g/mol. The van der Waals surface area contributed by atoms with Gasteiger partial charge in [0.2, 0.25) is 0 Å². The maximum Gasteiger partial charge on any atom is 0 e. The van der Waals surface area contributed by atoms with Crippen molar-refractivity contribution < 1.29 is 1.43 Å². The van der Waals surface area contributed by atoms with Crippen molar-refractivity contribution in [3.05, 3.63) is 69.5 Å². The zero-order chi connectivity index (χ0) is 9.56. The van der Waals surface area contributed by atoms with Gasteiger partial charge in [-0.25, -0.2) is 0 Å². The fourth-order valence-electron chi connectivity index (χ4n) is 0.679. The van der Waals surface area contributed by atoms with Crippen LogP contribution in [0.2, 0.25) is 0 Å². The predicted octanol–water partition coefficient (Wildman–Crippen LogP) is 3.39. The lowest BCUT2D eigenvalue weighted by Crippen LogP contribution is -1.79. The van der Waals surface area contributed by atoms with Gasteiger partial charge in [-0.3, -0.25) is 0 Å². The highest BCUT2D eigenvalue weighted by molar-refractivity contribution is 5.36. The zero-order valence-corrected chi connectivity index (χ0v) is 7.47. The second-order valence-corrected chi connectivity index (χ2v) is 2.46. The SMILES string of the molecule is [CH2]C[CH2].[CH2]c1ccc([CH2])c([CH2])c1.[H]. The lowest BCUT2D eigenvalue weighted by atomic mass is 10.1. The van der Waals surface area contributed by atoms with Crippen molar-refractivity contribution in [1.29, 1.82) is 0 Å². The van der Waals surface area contributed by atoms with Gasteiger partial charge in [0, 0.05) is 1.43 Å². The van der Waals surface area contributed by atoms with Crippen LogP contribution in [0.4, 0.5) is 0 Å². The summed E-state index contributed by atoms with van der Waals surface area (Å²) >= 11 is 0. The molecule has 0 heteroatoms. The molecular weight excluding hydrogens is 144 g/mol. The van der Waals surface area contributed by atoms with E-state index >= 15 is 0 Å². The fraction of sp³-hybridized carbons (Fsp3) is 0.0833. The average Bonchev–Trinajstić information content (AvgIpc) is 1.99. The molecule has 0 atom stereocenters. The molecule has 0 aliphatic heterocycles. The summed E-state index contributed by atoms with van der Waals surface area (Å²) in [4.78, 5) is 0. The maximum absolute atomic E-state index is 3.78. The standard InChI is InChI=1S/C9H9.C3H6.H/c1-7-4-5-8(2)9(3)6-7;1-3-2;/h4-6H,1-3H2;1-3H2;. The monoisotopic (exact) mass is 160 g/mol. The van der Waals surface area contributed by atoms with Gasteiger partial charge in [0.1, 0.15) is 0 Å². The molecule has 0 heterocycles. The molecule has 0 bridgehead atoms. The molecule has 0 saturated heterocycles. The molecule has 0 aliphatic rings. The number of benzene rings is 1. The van der Waals surface area contributed by atoms with Crippen LogP contribution in [0.1, 0.15) is 24.5 Å². The summed E-state index contributed by atoms with van der Waals surface area (Å²) in [5.41, 5.74) is 2.93. The Labute approximate surface area is 78.1 Å². The van der Waals surface area contributed by atoms with E-state index < -0.39 is 0 Å². The van der Waals surface area contributed by atoms with Gasteiger partial charge in [0.15, 0.2) is 0 Å². The van der Waals surface area contributed by atoms with Crippen LogP contribution in [0.3, 0.4) is 0 Å². The summed E-state index contributed by atoms with van der Waals surface area (Å²) in [5.74, 6) is 0. The van der Waals surface area contributed by atoms with E-state index in [1.54, 1.807) is 0 Å². The molecule has 0 fully saturated rings. The smallest absolute Gasteiger partial charge is 0 e. The quantitative estimate of drug-likeness (QED) is 0.545. The highest BCUT2D eigenvalue weighted by Gasteiger charge is 1.89. The Hall–Kier alpha value is -0.780. The summed E-state index contributed by atoms with van der Waals surface area (Å²) < 4.78 is 0. The highest BCUT2D eigenvalue weighted by atomic mass is 13.9. The summed E-state index contributed by atoms with van der Waals surface area (Å²) in [6, 6.07) is 5.77. The minimum atomic E-state index is 0. The Kier molecular flexibility index (Phi) is 5.44. The van der Waals surface area contributed by atoms with Gasteiger partial charge in [-0.2, -0.15) is 0 Å². The van der Waals surface area contributed by atoms with Crippen molar-refractivity contribution in [2.75, 3.05) is 0 Å². The summed E-state index contributed by atoms with van der Waals surface area (Å²) in [6.07, 6.45) is 0.750. The molecule has 12 heavy (non-hydrogen) atoms. The molecule has 0 nitrogen and oxygen atoms in total. The molecule has 1 aromatic carbocycles. The molecule has 0 N–H and O–H groups in total. The van der Waals surface area contributed by atoms with E-state index in [-0.39, 0.29) is 1.43 Å². The third-order valence-corrected chi connectivity index (χ3v) is 1.27. The van der Waals surface area contributed by atoms with Gasteiger partial charge in [-0.15, -0.1) is 0 Å². The van der Waals surface area contributed by atoms with E-state index in [0.717, 1.165) is 23.1 Å². The van der Waals surface area contributed by atoms with Gasteiger partial charge in [-0.1, -0.05) is 38.5 Å². The first-order valence-corrected chi connectivity index (χ1v) is 3.80. The van der Waals surface area contributed by atoms with Crippen molar-refractivity contribution in [1.82, 2.24) is 0 Å². The van der Waals surface area contributed by atoms with Crippen LogP contribution in [0.25, 0.3) is 0 Å². The van der Waals surface area contributed by atoms with Crippen LogP contribution >= 0.6 is 0 Å². The lowest BCUT2D eigenvalue weighted by Gasteiger charge is -1.97. The van der Waals surface area contributed by atoms with Crippen molar-refractivity contribution >= 4 is 0 Å². The molecule has 0 amide bonds. The molecule has 1 aromatic rings. The topological polar surface area (TPSA) is 0 Å². The lowest BCUT2D eigenvalue weighted by molar-refractivity contribution is 1.41. The Morgan fingerprint density at radius 1 is 1.00 bits per heavy atom. The Morgan fingerprint density at radius 3 is 1.83 bits per heavy atom. The van der Waals surface area contributed by atoms with Crippen LogP contribution in [0.5, 0.6) is 0 Å². The molecule has 0 aliphatic carbocycles. The Morgan fingerprint density at radius 2 is 1.50 bits per heavy atom. The second kappa shape index (κ2) is 5.82. The summed E-state index contributed by atoms with van der Waals surface area (Å²) in [6.45, 7) is 18.1. The van der Waals surface area contributed by atoms with Gasteiger partial charge < -0.3 is 0 Å². The number of rotatable bonds is 0. The van der Waals surface area contributed by atoms with E-state index in [4.69, 9.17) is 0 Å². The van der Waals surface area contributed by atoms with E-state index in [0.29, 0.717) is 0 Å². The third-order valence-electron chi connectivity index (χ3n) is 1.27. The molecular formula is C12H16. The summed E-state index contributed by atoms with van der Waals surface area (Å²) in [5, 5.41) is 0. The maximum atomic E-state index is 3.78. The van der Waals surface area contributed by atoms with Crippen LogP contribution in [-0.2, 0) is 0 Å². The van der Waals surface area contributed by atoms with Crippen LogP contribution in [-0.4, -0.2) is 0 Å². The Bertz CT molecular complexity index is 229. The summed E-state index contributed by atoms with van der Waals surface area (Å²) in [7, 11) is 0. The van der Waals surface area contributed by atoms with Crippen molar-refractivity contribution in [3.63, 3.8) is 0 Å². The fourth-order valence-corrected chi connectivity index (χ4v) is 0.679. The zero-order valence-electron chi connectivity index (χ0n) is 8.47. The van der Waals surface area contributed by atoms with Crippen molar-refractivity contribution in [3.8, 4) is 0 Å². The normalized spacial score (nSPS) is 8.75. The Balaban J connectivity index is 0. The molecule has 0 unspecified atom stereocenters. The molecule has 1 rings (SSSR count). The minimum absolute atomic E-state index is 0. The van der Waals surface area contributed by atoms with E-state index in [1.807, 2.05) is 18.2 Å². The third kappa shape index (κ3) is 4.17. The first-order chi connectivity index (χ1) is 5.61. The molecule has 0 spiro atoms. The predicted molar refractivity (Wildman–Crippen MR) is 56.3 cm³/mol. The van der Waals surface area contributed by atoms with Crippen molar-refractivity contribution in [2.45, 2.75) is 6.42 Å². The van der Waals surface area contributed by atoms with Crippen LogP contribution in [0.15, 0.2) is 18.2 Å². The molecule has 0 saturated carbocycles. The minimum Gasteiger partial charge on any atom is -0.0587 e. The molecule has 6 radical (unpaired) electrons. The largest absolute Gasteiger partial charge is 0.0587 e. The van der Waals surface area contributed by atoms with E-state index in [2.05, 4.69) is 34.6 Å². The number of hydrogen-bond acceptors (Lipinski definition) is 0. The van der Waals surface area contributed by atoms with Crippen LogP contribution in [0, 0.1) is 34.6 Å².